The molecule has 1 aliphatic rings. The molecule has 0 bridgehead atoms. The number of hydrogen-bond acceptors (Lipinski definition) is 3. The van der Waals surface area contributed by atoms with E-state index in [0.29, 0.717) is 5.92 Å². The number of rotatable bonds is 2. The molecule has 0 aromatic carbocycles. The van der Waals surface area contributed by atoms with Crippen LogP contribution in [0.2, 0.25) is 0 Å². The molecule has 1 aromatic heterocycles. The predicted octanol–water partition coefficient (Wildman–Crippen LogP) is 1.31. The van der Waals surface area contributed by atoms with E-state index in [1.54, 1.807) is 13.3 Å². The molecule has 0 amide bonds. The Bertz CT molecular complexity index is 266. The zero-order chi connectivity index (χ0) is 9.10. The highest BCUT2D eigenvalue weighted by Crippen LogP contribution is 2.25. The van der Waals surface area contributed by atoms with Gasteiger partial charge in [0, 0.05) is 19.1 Å². The van der Waals surface area contributed by atoms with Crippen LogP contribution < -0.4 is 4.74 Å². The molecule has 4 heteroatoms. The number of hydrogen-bond donors (Lipinski definition) is 1. The van der Waals surface area contributed by atoms with Crippen LogP contribution in [0.1, 0.15) is 24.6 Å². The molecule has 0 unspecified atom stereocenters. The minimum atomic E-state index is 0.512. The molecule has 13 heavy (non-hydrogen) atoms. The Hall–Kier alpha value is -1.03. The zero-order valence-corrected chi connectivity index (χ0v) is 7.75. The first-order valence-corrected chi connectivity index (χ1v) is 4.57. The Labute approximate surface area is 77.3 Å². The van der Waals surface area contributed by atoms with Gasteiger partial charge in [-0.25, -0.2) is 4.98 Å². The number of methoxy groups -OCH3 is 1. The van der Waals surface area contributed by atoms with Crippen LogP contribution in [0.25, 0.3) is 0 Å². The highest BCUT2D eigenvalue weighted by atomic mass is 16.5. The summed E-state index contributed by atoms with van der Waals surface area (Å²) < 4.78 is 10.3. The van der Waals surface area contributed by atoms with E-state index in [0.717, 1.165) is 37.8 Å². The van der Waals surface area contributed by atoms with E-state index in [9.17, 15) is 0 Å². The van der Waals surface area contributed by atoms with E-state index in [1.165, 1.54) is 0 Å². The van der Waals surface area contributed by atoms with Crippen molar-refractivity contribution >= 4 is 0 Å². The predicted molar refractivity (Wildman–Crippen MR) is 47.9 cm³/mol. The topological polar surface area (TPSA) is 47.1 Å². The molecule has 72 valence electrons. The third kappa shape index (κ3) is 1.83. The summed E-state index contributed by atoms with van der Waals surface area (Å²) in [6.07, 6.45) is 3.83. The van der Waals surface area contributed by atoms with Gasteiger partial charge in [-0.3, -0.25) is 0 Å². The van der Waals surface area contributed by atoms with E-state index in [1.807, 2.05) is 0 Å². The maximum absolute atomic E-state index is 5.28. The smallest absolute Gasteiger partial charge is 0.210 e. The van der Waals surface area contributed by atoms with Crippen molar-refractivity contribution in [1.82, 2.24) is 9.97 Å². The molecule has 0 radical (unpaired) electrons. The van der Waals surface area contributed by atoms with Gasteiger partial charge in [0.05, 0.1) is 13.3 Å². The minimum Gasteiger partial charge on any atom is -0.481 e. The van der Waals surface area contributed by atoms with Crippen molar-refractivity contribution in [2.75, 3.05) is 20.3 Å². The number of H-pyrrole nitrogens is 1. The average Bonchev–Trinajstić information content (AvgIpc) is 2.67. The van der Waals surface area contributed by atoms with Gasteiger partial charge >= 0.3 is 0 Å². The van der Waals surface area contributed by atoms with Crippen molar-refractivity contribution in [3.05, 3.63) is 12.0 Å². The molecule has 0 saturated carbocycles. The highest BCUT2D eigenvalue weighted by Gasteiger charge is 2.18. The maximum atomic E-state index is 5.28. The van der Waals surface area contributed by atoms with Gasteiger partial charge in [0.2, 0.25) is 5.88 Å². The molecule has 4 nitrogen and oxygen atoms in total. The van der Waals surface area contributed by atoms with Gasteiger partial charge in [0.15, 0.2) is 0 Å². The van der Waals surface area contributed by atoms with Crippen molar-refractivity contribution in [1.29, 1.82) is 0 Å². The van der Waals surface area contributed by atoms with Crippen LogP contribution >= 0.6 is 0 Å². The first kappa shape index (κ1) is 8.56. The largest absolute Gasteiger partial charge is 0.481 e. The van der Waals surface area contributed by atoms with Crippen LogP contribution in [0.15, 0.2) is 6.20 Å². The summed E-state index contributed by atoms with van der Waals surface area (Å²) in [7, 11) is 1.64. The van der Waals surface area contributed by atoms with E-state index in [2.05, 4.69) is 9.97 Å². The second-order valence-corrected chi connectivity index (χ2v) is 3.22. The Balaban J connectivity index is 2.05. The number of nitrogens with zero attached hydrogens (tertiary/aromatic N) is 1. The van der Waals surface area contributed by atoms with Gasteiger partial charge in [0.1, 0.15) is 5.82 Å². The van der Waals surface area contributed by atoms with E-state index in [-0.39, 0.29) is 0 Å². The number of ether oxygens (including phenoxy) is 2. The normalized spacial score (nSPS) is 18.8. The molecule has 1 N–H and O–H groups in total. The van der Waals surface area contributed by atoms with E-state index < -0.39 is 0 Å². The molecule has 0 aliphatic carbocycles. The standard InChI is InChI=1S/C9H14N2O2/c1-12-8-6-10-9(11-8)7-2-4-13-5-3-7/h6-7H,2-5H2,1H3,(H,10,11). The average molecular weight is 182 g/mol. The number of aromatic nitrogens is 2. The Morgan fingerprint density at radius 3 is 2.92 bits per heavy atom. The number of nitrogens with one attached hydrogen (secondary N) is 1. The minimum absolute atomic E-state index is 0.512. The van der Waals surface area contributed by atoms with Gasteiger partial charge in [-0.1, -0.05) is 0 Å². The van der Waals surface area contributed by atoms with Crippen LogP contribution in [0.4, 0.5) is 0 Å². The third-order valence-corrected chi connectivity index (χ3v) is 2.40. The fourth-order valence-corrected chi connectivity index (χ4v) is 1.60. The van der Waals surface area contributed by atoms with Gasteiger partial charge in [-0.15, -0.1) is 0 Å². The molecular formula is C9H14N2O2. The molecule has 0 spiro atoms. The van der Waals surface area contributed by atoms with Gasteiger partial charge in [-0.2, -0.15) is 0 Å². The lowest BCUT2D eigenvalue weighted by atomic mass is 10.00. The van der Waals surface area contributed by atoms with Crippen molar-refractivity contribution in [2.24, 2.45) is 0 Å². The summed E-state index contributed by atoms with van der Waals surface area (Å²) in [6, 6.07) is 0. The van der Waals surface area contributed by atoms with Crippen LogP contribution in [-0.4, -0.2) is 30.3 Å². The monoisotopic (exact) mass is 182 g/mol. The quantitative estimate of drug-likeness (QED) is 0.750. The molecule has 1 aliphatic heterocycles. The SMILES string of the molecule is COc1cnc(C2CCOCC2)[nH]1. The lowest BCUT2D eigenvalue weighted by molar-refractivity contribution is 0.0837. The van der Waals surface area contributed by atoms with Crippen molar-refractivity contribution in [3.8, 4) is 5.88 Å². The van der Waals surface area contributed by atoms with Crippen LogP contribution in [0.5, 0.6) is 5.88 Å². The molecule has 1 aromatic rings. The number of imidazole rings is 1. The molecule has 2 heterocycles. The third-order valence-electron chi connectivity index (χ3n) is 2.40. The second-order valence-electron chi connectivity index (χ2n) is 3.22. The first-order chi connectivity index (χ1) is 6.40. The Kier molecular flexibility index (Phi) is 2.49. The first-order valence-electron chi connectivity index (χ1n) is 4.57. The Morgan fingerprint density at radius 2 is 2.31 bits per heavy atom. The molecular weight excluding hydrogens is 168 g/mol. The van der Waals surface area contributed by atoms with Crippen molar-refractivity contribution < 1.29 is 9.47 Å². The highest BCUT2D eigenvalue weighted by molar-refractivity contribution is 5.10. The summed E-state index contributed by atoms with van der Waals surface area (Å²) in [6.45, 7) is 1.68. The fraction of sp³-hybridized carbons (Fsp3) is 0.667. The summed E-state index contributed by atoms with van der Waals surface area (Å²) in [5.41, 5.74) is 0. The summed E-state index contributed by atoms with van der Waals surface area (Å²) in [5, 5.41) is 0. The molecule has 2 rings (SSSR count). The second kappa shape index (κ2) is 3.79. The van der Waals surface area contributed by atoms with Crippen LogP contribution in [-0.2, 0) is 4.74 Å². The zero-order valence-electron chi connectivity index (χ0n) is 7.75. The summed E-state index contributed by atoms with van der Waals surface area (Å²) in [5.74, 6) is 2.28. The van der Waals surface area contributed by atoms with E-state index in [4.69, 9.17) is 9.47 Å². The summed E-state index contributed by atoms with van der Waals surface area (Å²) >= 11 is 0. The summed E-state index contributed by atoms with van der Waals surface area (Å²) in [4.78, 5) is 7.42. The van der Waals surface area contributed by atoms with Crippen LogP contribution in [0.3, 0.4) is 0 Å². The maximum Gasteiger partial charge on any atom is 0.210 e. The molecule has 1 saturated heterocycles. The van der Waals surface area contributed by atoms with Gasteiger partial charge in [0.25, 0.3) is 0 Å². The molecule has 0 atom stereocenters. The van der Waals surface area contributed by atoms with Crippen molar-refractivity contribution in [2.45, 2.75) is 18.8 Å². The molecule has 1 fully saturated rings. The van der Waals surface area contributed by atoms with Crippen LogP contribution in [0, 0.1) is 0 Å². The fourth-order valence-electron chi connectivity index (χ4n) is 1.60. The van der Waals surface area contributed by atoms with Gasteiger partial charge in [-0.05, 0) is 12.8 Å². The lowest BCUT2D eigenvalue weighted by Gasteiger charge is -2.19. The number of aromatic amines is 1. The van der Waals surface area contributed by atoms with E-state index >= 15 is 0 Å². The lowest BCUT2D eigenvalue weighted by Crippen LogP contribution is -2.15. The Morgan fingerprint density at radius 1 is 1.54 bits per heavy atom. The van der Waals surface area contributed by atoms with Gasteiger partial charge < -0.3 is 14.5 Å². The van der Waals surface area contributed by atoms with Crippen molar-refractivity contribution in [3.63, 3.8) is 0 Å².